The normalized spacial score (nSPS) is 21.6. The minimum Gasteiger partial charge on any atom is -0.464 e. The summed E-state index contributed by atoms with van der Waals surface area (Å²) in [4.78, 5) is 41.4. The van der Waals surface area contributed by atoms with E-state index in [2.05, 4.69) is 20.1 Å². The molecule has 17 nitrogen and oxygen atoms in total. The van der Waals surface area contributed by atoms with Gasteiger partial charge in [-0.1, -0.05) is 82.7 Å². The van der Waals surface area contributed by atoms with E-state index >= 15 is 0 Å². The van der Waals surface area contributed by atoms with Crippen LogP contribution in [0.3, 0.4) is 0 Å². The van der Waals surface area contributed by atoms with Gasteiger partial charge in [-0.25, -0.2) is 16.8 Å². The highest BCUT2D eigenvalue weighted by Gasteiger charge is 2.47. The summed E-state index contributed by atoms with van der Waals surface area (Å²) in [6.45, 7) is 5.02. The molecule has 0 spiro atoms. The molecule has 6 aliphatic rings. The summed E-state index contributed by atoms with van der Waals surface area (Å²) in [5.41, 5.74) is 7.18. The number of nitrogens with zero attached hydrogens (tertiary/aromatic N) is 4. The summed E-state index contributed by atoms with van der Waals surface area (Å²) in [6, 6.07) is 25.6. The van der Waals surface area contributed by atoms with Gasteiger partial charge in [0.1, 0.15) is 41.0 Å². The molecule has 4 heterocycles. The zero-order chi connectivity index (χ0) is 59.9. The van der Waals surface area contributed by atoms with E-state index in [1.165, 1.54) is 0 Å². The number of fused-ring (bicyclic) bond motifs is 4. The van der Waals surface area contributed by atoms with Crippen molar-refractivity contribution in [3.8, 4) is 22.5 Å². The second kappa shape index (κ2) is 25.8. The third-order valence-corrected chi connectivity index (χ3v) is 21.3. The van der Waals surface area contributed by atoms with Crippen molar-refractivity contribution in [3.05, 3.63) is 139 Å². The summed E-state index contributed by atoms with van der Waals surface area (Å²) < 4.78 is 78.2. The molecule has 6 aromatic rings. The third-order valence-electron chi connectivity index (χ3n) is 17.0. The van der Waals surface area contributed by atoms with Crippen molar-refractivity contribution in [1.29, 1.82) is 0 Å². The highest BCUT2D eigenvalue weighted by atomic mass is 35.5. The van der Waals surface area contributed by atoms with E-state index in [9.17, 15) is 31.2 Å². The number of esters is 1. The molecule has 2 aliphatic heterocycles. The predicted octanol–water partition coefficient (Wildman–Crippen LogP) is 11.8. The van der Waals surface area contributed by atoms with Gasteiger partial charge in [0, 0.05) is 93.6 Å². The average molecular weight is 1280 g/mol. The lowest BCUT2D eigenvalue weighted by atomic mass is 10.0. The van der Waals surface area contributed by atoms with E-state index < -0.39 is 61.1 Å². The molecule has 0 unspecified atom stereocenters. The fourth-order valence-corrected chi connectivity index (χ4v) is 15.5. The number of carbonyl (C=O) groups is 3. The first kappa shape index (κ1) is 61.3. The lowest BCUT2D eigenvalue weighted by molar-refractivity contribution is -0.146. The molecule has 2 saturated heterocycles. The zero-order valence-corrected chi connectivity index (χ0v) is 51.6. The predicted molar refractivity (Wildman–Crippen MR) is 324 cm³/mol. The molecule has 4 bridgehead atoms. The Hall–Kier alpha value is -5.35. The van der Waals surface area contributed by atoms with Crippen LogP contribution >= 0.6 is 46.4 Å². The number of aliphatic hydroxyl groups is 1. The van der Waals surface area contributed by atoms with Crippen LogP contribution in [0.4, 0.5) is 11.4 Å². The minimum absolute atomic E-state index is 0.0913. The van der Waals surface area contributed by atoms with Gasteiger partial charge in [0.2, 0.25) is 0 Å². The monoisotopic (exact) mass is 1280 g/mol. The number of hydrogen-bond donors (Lipinski definition) is 1. The number of carbonyl (C=O) groups excluding carboxylic acids is 3. The molecule has 452 valence electrons. The molecule has 4 aromatic carbocycles. The average Bonchev–Trinajstić information content (AvgIpc) is 2.06. The number of Topliss-reactive ketones (excluding diaryl/α,β-unsaturated/α-hetero) is 2. The minimum atomic E-state index is -3.71. The quantitative estimate of drug-likeness (QED) is 0.0439. The van der Waals surface area contributed by atoms with E-state index in [0.717, 1.165) is 98.5 Å². The Kier molecular flexibility index (Phi) is 18.6. The van der Waals surface area contributed by atoms with Gasteiger partial charge in [-0.15, -0.1) is 0 Å². The Morgan fingerprint density at radius 1 is 0.600 bits per heavy atom. The molecule has 6 atom stereocenters. The number of ether oxygens (including phenoxy) is 3. The van der Waals surface area contributed by atoms with Gasteiger partial charge in [0.05, 0.1) is 69.5 Å². The number of aromatic nitrogens is 2. The molecule has 0 radical (unpaired) electrons. The van der Waals surface area contributed by atoms with Crippen LogP contribution in [0.1, 0.15) is 120 Å². The molecule has 4 aliphatic carbocycles. The molecular formula is C62H66Cl4N4O13S2. The largest absolute Gasteiger partial charge is 0.464 e. The number of anilines is 2. The number of sulfone groups is 2. The van der Waals surface area contributed by atoms with Gasteiger partial charge in [-0.05, 0) is 124 Å². The van der Waals surface area contributed by atoms with Gasteiger partial charge < -0.3 is 38.2 Å². The smallest absolute Gasteiger partial charge is 0.308 e. The van der Waals surface area contributed by atoms with Crippen LogP contribution in [0.5, 0.6) is 0 Å². The molecule has 0 amide bonds. The zero-order valence-electron chi connectivity index (χ0n) is 47.0. The van der Waals surface area contributed by atoms with Gasteiger partial charge in [0.25, 0.3) is 0 Å². The summed E-state index contributed by atoms with van der Waals surface area (Å²) >= 11 is 26.0. The first-order chi connectivity index (χ1) is 40.7. The topological polar surface area (TPSA) is 226 Å². The van der Waals surface area contributed by atoms with Crippen molar-refractivity contribution in [1.82, 2.24) is 10.3 Å². The number of piperidine rings is 2. The number of ketones is 2. The van der Waals surface area contributed by atoms with Crippen molar-refractivity contribution in [2.45, 2.75) is 115 Å². The first-order valence-electron chi connectivity index (χ1n) is 28.8. The maximum Gasteiger partial charge on any atom is 0.308 e. The van der Waals surface area contributed by atoms with Crippen molar-refractivity contribution in [3.63, 3.8) is 0 Å². The number of hydrogen-bond acceptors (Lipinski definition) is 17. The van der Waals surface area contributed by atoms with Crippen molar-refractivity contribution < 1.29 is 59.6 Å². The summed E-state index contributed by atoms with van der Waals surface area (Å²) in [7, 11) is -7.33. The Bertz CT molecular complexity index is 3640. The molecule has 2 aromatic heterocycles. The maximum atomic E-state index is 12.7. The maximum absolute atomic E-state index is 12.7. The lowest BCUT2D eigenvalue weighted by Crippen LogP contribution is -2.38. The van der Waals surface area contributed by atoms with Crippen LogP contribution in [0.25, 0.3) is 22.5 Å². The van der Waals surface area contributed by atoms with Crippen LogP contribution < -0.4 is 9.80 Å². The second-order valence-electron chi connectivity index (χ2n) is 23.4. The van der Waals surface area contributed by atoms with Gasteiger partial charge in [-0.2, -0.15) is 0 Å². The number of aliphatic hydroxyl groups excluding tert-OH is 1. The van der Waals surface area contributed by atoms with Crippen LogP contribution in [0.2, 0.25) is 20.1 Å². The molecule has 12 rings (SSSR count). The van der Waals surface area contributed by atoms with E-state index in [4.69, 9.17) is 74.8 Å². The SMILES string of the molecule is CC(C)C(=O)OCCS(=O)(=O)CC(=O)c1ccc(N2C[C@@H]3C[C@H]2C[C@H]3OCc2c(-c3c(Cl)cccc3Cl)noc2C2CC2)cc1.O=C(CS(=O)(=O)CCO)c1ccc(N2C[C@@H]3C[C@H]2C[C@H]3OCc2c(-c3c(Cl)cccc3Cl)noc2C2CC2)cc1. The highest BCUT2D eigenvalue weighted by molar-refractivity contribution is 7.92. The van der Waals surface area contributed by atoms with Gasteiger partial charge in [0.15, 0.2) is 31.2 Å². The Morgan fingerprint density at radius 3 is 1.35 bits per heavy atom. The van der Waals surface area contributed by atoms with E-state index in [1.54, 1.807) is 68.4 Å². The number of rotatable bonds is 24. The lowest BCUT2D eigenvalue weighted by Gasteiger charge is -2.33. The van der Waals surface area contributed by atoms with E-state index in [0.29, 0.717) is 103 Å². The summed E-state index contributed by atoms with van der Waals surface area (Å²) in [5.74, 6) is -0.611. The number of halogens is 4. The van der Waals surface area contributed by atoms with Crippen molar-refractivity contribution >= 4 is 95.0 Å². The van der Waals surface area contributed by atoms with Crippen LogP contribution in [0, 0.1) is 17.8 Å². The third kappa shape index (κ3) is 14.0. The Balaban J connectivity index is 0.000000178. The second-order valence-corrected chi connectivity index (χ2v) is 29.4. The van der Waals surface area contributed by atoms with Crippen molar-refractivity contribution in [2.75, 3.05) is 59.1 Å². The van der Waals surface area contributed by atoms with Gasteiger partial charge >= 0.3 is 5.97 Å². The van der Waals surface area contributed by atoms with E-state index in [1.807, 2.05) is 30.3 Å². The summed E-state index contributed by atoms with van der Waals surface area (Å²) in [6.07, 6.45) is 8.26. The molecule has 6 fully saturated rings. The van der Waals surface area contributed by atoms with Crippen LogP contribution in [-0.2, 0) is 51.9 Å². The molecular weight excluding hydrogens is 1210 g/mol. The van der Waals surface area contributed by atoms with Gasteiger partial charge in [-0.3, -0.25) is 14.4 Å². The summed E-state index contributed by atoms with van der Waals surface area (Å²) in [5, 5.41) is 19.7. The molecule has 4 saturated carbocycles. The van der Waals surface area contributed by atoms with Crippen LogP contribution in [0.15, 0.2) is 94.0 Å². The Morgan fingerprint density at radius 2 is 1.00 bits per heavy atom. The number of benzene rings is 4. The standard InChI is InChI=1S/C33H36Cl2N2O7S.C29H30Cl2N2O6S/c1-19(2)33(39)42-12-13-45(40,41)18-28(38)20-8-10-23(11-9-20)37-16-22-14-24(37)15-29(22)43-17-25-31(36-44-32(25)21-6-7-21)30-26(34)4-3-5-27(30)35;30-23-2-1-3-24(31)27(23)28-22(29(39-32-28)18-4-5-18)15-38-26-13-21-12-19(26)14-33(21)20-8-6-17(7-9-20)25(35)16-40(36,37)11-10-34/h3-5,8-11,19,21-22,24,29H,6-7,12-18H2,1-2H3;1-3,6-9,18-19,21,26,34H,4-5,10-16H2/t22-,24-,29+;19-,21-,26+/m00/s1. The Labute approximate surface area is 514 Å². The van der Waals surface area contributed by atoms with Crippen LogP contribution in [-0.4, -0.2) is 123 Å². The molecule has 23 heteroatoms. The fourth-order valence-electron chi connectivity index (χ4n) is 12.3. The van der Waals surface area contributed by atoms with E-state index in [-0.39, 0.29) is 30.5 Å². The van der Waals surface area contributed by atoms with Crippen molar-refractivity contribution in [2.24, 2.45) is 17.8 Å². The molecule has 1 N–H and O–H groups in total. The molecule has 85 heavy (non-hydrogen) atoms. The first-order valence-corrected chi connectivity index (χ1v) is 34.0. The fraction of sp³-hybridized carbons (Fsp3) is 0.468. The highest BCUT2D eigenvalue weighted by Crippen LogP contribution is 2.50.